The lowest BCUT2D eigenvalue weighted by Gasteiger charge is -2.25. The third kappa shape index (κ3) is 5.30. The molecule has 2 aromatic rings. The van der Waals surface area contributed by atoms with Crippen molar-refractivity contribution in [2.45, 2.75) is 26.1 Å². The second-order valence-electron chi connectivity index (χ2n) is 5.86. The van der Waals surface area contributed by atoms with E-state index in [1.54, 1.807) is 36.1 Å². The molecule has 136 valence electrons. The molecule has 26 heavy (non-hydrogen) atoms. The van der Waals surface area contributed by atoms with E-state index in [0.717, 1.165) is 0 Å². The second kappa shape index (κ2) is 8.97. The van der Waals surface area contributed by atoms with Crippen molar-refractivity contribution in [3.05, 3.63) is 65.2 Å². The number of amides is 1. The zero-order chi connectivity index (χ0) is 19.1. The highest BCUT2D eigenvalue weighted by Crippen LogP contribution is 2.20. The molecule has 2 aromatic carbocycles. The lowest BCUT2D eigenvalue weighted by Crippen LogP contribution is -2.42. The average molecular weight is 358 g/mol. The van der Waals surface area contributed by atoms with E-state index < -0.39 is 17.8 Å². The van der Waals surface area contributed by atoms with Crippen LogP contribution in [0.5, 0.6) is 5.75 Å². The Bertz CT molecular complexity index is 818. The smallest absolute Gasteiger partial charge is 0.234 e. The van der Waals surface area contributed by atoms with Gasteiger partial charge in [-0.2, -0.15) is 0 Å². The van der Waals surface area contributed by atoms with E-state index in [9.17, 15) is 13.6 Å². The summed E-state index contributed by atoms with van der Waals surface area (Å²) in [5.41, 5.74) is 6.31. The van der Waals surface area contributed by atoms with Crippen molar-refractivity contribution in [1.82, 2.24) is 4.90 Å². The molecule has 0 spiro atoms. The van der Waals surface area contributed by atoms with Crippen LogP contribution in [0.1, 0.15) is 18.1 Å². The number of nitrogens with two attached hydrogens (primary N) is 1. The summed E-state index contributed by atoms with van der Waals surface area (Å²) in [7, 11) is 0. The van der Waals surface area contributed by atoms with Gasteiger partial charge in [0.1, 0.15) is 24.0 Å². The van der Waals surface area contributed by atoms with Gasteiger partial charge in [0.25, 0.3) is 0 Å². The molecular weight excluding hydrogens is 338 g/mol. The van der Waals surface area contributed by atoms with Gasteiger partial charge in [0, 0.05) is 18.2 Å². The molecule has 1 amide bonds. The van der Waals surface area contributed by atoms with E-state index in [0.29, 0.717) is 16.9 Å². The van der Waals surface area contributed by atoms with Crippen LogP contribution in [0, 0.1) is 24.0 Å². The molecule has 0 radical (unpaired) electrons. The van der Waals surface area contributed by atoms with Gasteiger partial charge in [-0.25, -0.2) is 8.78 Å². The summed E-state index contributed by atoms with van der Waals surface area (Å²) in [6, 6.07) is 9.80. The third-order valence-electron chi connectivity index (χ3n) is 3.95. The lowest BCUT2D eigenvalue weighted by molar-refractivity contribution is -0.122. The van der Waals surface area contributed by atoms with Crippen LogP contribution in [0.15, 0.2) is 42.5 Å². The first kappa shape index (κ1) is 19.4. The van der Waals surface area contributed by atoms with Gasteiger partial charge in [-0.05, 0) is 30.7 Å². The van der Waals surface area contributed by atoms with E-state index >= 15 is 0 Å². The number of terminal acetylenes is 1. The summed E-state index contributed by atoms with van der Waals surface area (Å²) in [5, 5.41) is 0. The van der Waals surface area contributed by atoms with Gasteiger partial charge < -0.3 is 10.5 Å². The number of hydrogen-bond acceptors (Lipinski definition) is 3. The monoisotopic (exact) mass is 358 g/mol. The summed E-state index contributed by atoms with van der Waals surface area (Å²) in [4.78, 5) is 13.0. The fourth-order valence-corrected chi connectivity index (χ4v) is 2.39. The minimum absolute atomic E-state index is 0.123. The Morgan fingerprint density at radius 2 is 2.08 bits per heavy atom. The van der Waals surface area contributed by atoms with Crippen LogP contribution in [-0.2, 0) is 17.9 Å². The molecule has 0 saturated heterocycles. The molecule has 0 aliphatic heterocycles. The number of carbonyl (C=O) groups is 1. The minimum Gasteiger partial charge on any atom is -0.489 e. The highest BCUT2D eigenvalue weighted by Gasteiger charge is 2.19. The molecule has 0 aromatic heterocycles. The van der Waals surface area contributed by atoms with Crippen molar-refractivity contribution in [1.29, 1.82) is 0 Å². The molecule has 0 aliphatic carbocycles. The summed E-state index contributed by atoms with van der Waals surface area (Å²) in [6.45, 7) is 2.05. The lowest BCUT2D eigenvalue weighted by atomic mass is 10.1. The van der Waals surface area contributed by atoms with Crippen molar-refractivity contribution >= 4 is 5.91 Å². The van der Waals surface area contributed by atoms with E-state index in [1.165, 1.54) is 18.2 Å². The molecule has 0 saturated carbocycles. The zero-order valence-electron chi connectivity index (χ0n) is 14.4. The summed E-state index contributed by atoms with van der Waals surface area (Å²) in [5.74, 6) is 1.39. The maximum atomic E-state index is 14.4. The molecule has 0 bridgehead atoms. The number of rotatable bonds is 8. The summed E-state index contributed by atoms with van der Waals surface area (Å²) >= 11 is 0. The first-order valence-electron chi connectivity index (χ1n) is 8.03. The Labute approximate surface area is 151 Å². The van der Waals surface area contributed by atoms with Gasteiger partial charge in [-0.3, -0.25) is 9.69 Å². The predicted molar refractivity (Wildman–Crippen MR) is 95.0 cm³/mol. The molecule has 0 heterocycles. The standard InChI is InChI=1S/C20H20F2N2O2/c1-3-9-24(14(2)20(23)25)12-16-7-8-18(11-19(16)22)26-13-15-5-4-6-17(21)10-15/h1,4-8,10-11,14H,9,12-13H2,2H3,(H2,23,25)/t14-/m0/s1. The van der Waals surface area contributed by atoms with Crippen LogP contribution >= 0.6 is 0 Å². The first-order chi connectivity index (χ1) is 12.4. The van der Waals surface area contributed by atoms with Gasteiger partial charge in [-0.15, -0.1) is 6.42 Å². The fraction of sp³-hybridized carbons (Fsp3) is 0.250. The number of primary amides is 1. The Kier molecular flexibility index (Phi) is 6.70. The number of benzene rings is 2. The quantitative estimate of drug-likeness (QED) is 0.739. The van der Waals surface area contributed by atoms with E-state index in [4.69, 9.17) is 16.9 Å². The molecule has 4 nitrogen and oxygen atoms in total. The maximum Gasteiger partial charge on any atom is 0.234 e. The van der Waals surface area contributed by atoms with Gasteiger partial charge in [0.2, 0.25) is 5.91 Å². The van der Waals surface area contributed by atoms with Crippen molar-refractivity contribution in [2.24, 2.45) is 5.73 Å². The normalized spacial score (nSPS) is 11.8. The second-order valence-corrected chi connectivity index (χ2v) is 5.86. The van der Waals surface area contributed by atoms with Crippen molar-refractivity contribution in [3.63, 3.8) is 0 Å². The topological polar surface area (TPSA) is 55.6 Å². The molecule has 2 rings (SSSR count). The van der Waals surface area contributed by atoms with Crippen molar-refractivity contribution < 1.29 is 18.3 Å². The van der Waals surface area contributed by atoms with Gasteiger partial charge in [0.15, 0.2) is 0 Å². The molecule has 0 unspecified atom stereocenters. The molecule has 0 aliphatic rings. The van der Waals surface area contributed by atoms with E-state index in [-0.39, 0.29) is 25.5 Å². The molecule has 0 fully saturated rings. The third-order valence-corrected chi connectivity index (χ3v) is 3.95. The largest absolute Gasteiger partial charge is 0.489 e. The number of carbonyl (C=O) groups excluding carboxylic acids is 1. The van der Waals surface area contributed by atoms with Crippen molar-refractivity contribution in [2.75, 3.05) is 6.54 Å². The SMILES string of the molecule is C#CCN(Cc1ccc(OCc2cccc(F)c2)cc1F)[C@@H](C)C(N)=O. The van der Waals surface area contributed by atoms with Gasteiger partial charge >= 0.3 is 0 Å². The molecule has 1 atom stereocenters. The molecular formula is C20H20F2N2O2. The molecule has 2 N–H and O–H groups in total. The number of nitrogens with zero attached hydrogens (tertiary/aromatic N) is 1. The Morgan fingerprint density at radius 3 is 2.69 bits per heavy atom. The summed E-state index contributed by atoms with van der Waals surface area (Å²) in [6.07, 6.45) is 5.30. The van der Waals surface area contributed by atoms with Gasteiger partial charge in [0.05, 0.1) is 12.6 Å². The minimum atomic E-state index is -0.616. The van der Waals surface area contributed by atoms with Crippen LogP contribution in [0.4, 0.5) is 8.78 Å². The van der Waals surface area contributed by atoms with E-state index in [1.807, 2.05) is 0 Å². The number of halogens is 2. The highest BCUT2D eigenvalue weighted by molar-refractivity contribution is 5.79. The Morgan fingerprint density at radius 1 is 1.31 bits per heavy atom. The van der Waals surface area contributed by atoms with Crippen molar-refractivity contribution in [3.8, 4) is 18.1 Å². The average Bonchev–Trinajstić information content (AvgIpc) is 2.60. The molecule has 6 heteroatoms. The van der Waals surface area contributed by atoms with Gasteiger partial charge in [-0.1, -0.05) is 24.1 Å². The summed E-state index contributed by atoms with van der Waals surface area (Å²) < 4.78 is 33.0. The maximum absolute atomic E-state index is 14.4. The first-order valence-corrected chi connectivity index (χ1v) is 8.03. The zero-order valence-corrected chi connectivity index (χ0v) is 14.4. The van der Waals surface area contributed by atoms with Crippen LogP contribution in [0.25, 0.3) is 0 Å². The van der Waals surface area contributed by atoms with Crippen LogP contribution in [-0.4, -0.2) is 23.4 Å². The van der Waals surface area contributed by atoms with Crippen LogP contribution < -0.4 is 10.5 Å². The fourth-order valence-electron chi connectivity index (χ4n) is 2.39. The van der Waals surface area contributed by atoms with E-state index in [2.05, 4.69) is 5.92 Å². The predicted octanol–water partition coefficient (Wildman–Crippen LogP) is 2.85. The Hall–Kier alpha value is -2.91. The van der Waals surface area contributed by atoms with Crippen LogP contribution in [0.3, 0.4) is 0 Å². The number of hydrogen-bond donors (Lipinski definition) is 1. The number of ether oxygens (including phenoxy) is 1. The Balaban J connectivity index is 2.06. The van der Waals surface area contributed by atoms with Crippen LogP contribution in [0.2, 0.25) is 0 Å². The highest BCUT2D eigenvalue weighted by atomic mass is 19.1.